The molecule has 136 valence electrons. The second-order valence-corrected chi connectivity index (χ2v) is 5.98. The third kappa shape index (κ3) is 5.74. The monoisotopic (exact) mass is 366 g/mol. The summed E-state index contributed by atoms with van der Waals surface area (Å²) in [4.78, 5) is 15.4. The molecule has 1 aromatic heterocycles. The van der Waals surface area contributed by atoms with Gasteiger partial charge in [-0.3, -0.25) is 4.57 Å². The van der Waals surface area contributed by atoms with E-state index in [0.29, 0.717) is 25.5 Å². The fourth-order valence-corrected chi connectivity index (χ4v) is 2.41. The van der Waals surface area contributed by atoms with Crippen LogP contribution in [0.25, 0.3) is 0 Å². The highest BCUT2D eigenvalue weighted by molar-refractivity contribution is 6.30. The van der Waals surface area contributed by atoms with E-state index < -0.39 is 11.8 Å². The molecule has 2 rings (SSSR count). The van der Waals surface area contributed by atoms with Gasteiger partial charge in [0.25, 0.3) is 0 Å². The zero-order valence-electron chi connectivity index (χ0n) is 14.3. The van der Waals surface area contributed by atoms with Crippen LogP contribution in [0.4, 0.5) is 5.82 Å². The van der Waals surface area contributed by atoms with Gasteiger partial charge in [-0.1, -0.05) is 29.8 Å². The summed E-state index contributed by atoms with van der Waals surface area (Å²) in [5.74, 6) is 1.37. The van der Waals surface area contributed by atoms with Crippen molar-refractivity contribution in [2.45, 2.75) is 13.0 Å². The van der Waals surface area contributed by atoms with E-state index >= 15 is 0 Å². The lowest BCUT2D eigenvalue weighted by Gasteiger charge is -2.16. The molecule has 1 unspecified atom stereocenters. The van der Waals surface area contributed by atoms with E-state index in [-0.39, 0.29) is 11.8 Å². The number of nitrogens with one attached hydrogen (secondary N) is 2. The van der Waals surface area contributed by atoms with Crippen LogP contribution in [0, 0.1) is 6.92 Å². The van der Waals surface area contributed by atoms with Crippen LogP contribution in [0.2, 0.25) is 5.15 Å². The lowest BCUT2D eigenvalue weighted by Crippen LogP contribution is -2.34. The average molecular weight is 367 g/mol. The average Bonchev–Trinajstić information content (AvgIpc) is 2.61. The van der Waals surface area contributed by atoms with Crippen LogP contribution in [-0.4, -0.2) is 47.0 Å². The third-order valence-electron chi connectivity index (χ3n) is 3.64. The SMILES string of the molecule is Cc1c(Cl)nc(=O)n(C)c1NCCNCC(O)COc1ccccc1. The van der Waals surface area contributed by atoms with E-state index in [9.17, 15) is 9.90 Å². The molecule has 1 aromatic carbocycles. The molecule has 0 radical (unpaired) electrons. The Hall–Kier alpha value is -2.09. The molecule has 1 heterocycles. The van der Waals surface area contributed by atoms with E-state index in [2.05, 4.69) is 15.6 Å². The molecule has 7 nitrogen and oxygen atoms in total. The molecule has 0 aliphatic carbocycles. The van der Waals surface area contributed by atoms with Gasteiger partial charge in [0, 0.05) is 32.2 Å². The van der Waals surface area contributed by atoms with Crippen LogP contribution >= 0.6 is 11.6 Å². The molecule has 3 N–H and O–H groups in total. The summed E-state index contributed by atoms with van der Waals surface area (Å²) in [6.07, 6.45) is -0.610. The number of hydrogen-bond acceptors (Lipinski definition) is 6. The number of ether oxygens (including phenoxy) is 1. The third-order valence-corrected chi connectivity index (χ3v) is 4.01. The Morgan fingerprint density at radius 3 is 2.76 bits per heavy atom. The van der Waals surface area contributed by atoms with Gasteiger partial charge in [0.1, 0.15) is 29.4 Å². The smallest absolute Gasteiger partial charge is 0.350 e. The van der Waals surface area contributed by atoms with Gasteiger partial charge >= 0.3 is 5.69 Å². The van der Waals surface area contributed by atoms with Crippen LogP contribution in [0.3, 0.4) is 0 Å². The standard InChI is InChI=1S/C17H23ClN4O3/c1-12-15(18)21-17(24)22(2)16(12)20-9-8-19-10-13(23)11-25-14-6-4-3-5-7-14/h3-7,13,19-20,23H,8-11H2,1-2H3. The van der Waals surface area contributed by atoms with Crippen molar-refractivity contribution in [3.8, 4) is 5.75 Å². The van der Waals surface area contributed by atoms with E-state index in [1.54, 1.807) is 14.0 Å². The minimum absolute atomic E-state index is 0.201. The Balaban J connectivity index is 1.69. The lowest BCUT2D eigenvalue weighted by atomic mass is 10.3. The zero-order valence-corrected chi connectivity index (χ0v) is 15.1. The maximum atomic E-state index is 11.6. The van der Waals surface area contributed by atoms with Crippen molar-refractivity contribution in [3.63, 3.8) is 0 Å². The summed E-state index contributed by atoms with van der Waals surface area (Å²) in [6, 6.07) is 9.36. The van der Waals surface area contributed by atoms with E-state index in [1.807, 2.05) is 30.3 Å². The topological polar surface area (TPSA) is 88.4 Å². The molecule has 8 heteroatoms. The molecule has 0 fully saturated rings. The molecule has 0 bridgehead atoms. The fraction of sp³-hybridized carbons (Fsp3) is 0.412. The summed E-state index contributed by atoms with van der Waals surface area (Å²) in [6.45, 7) is 3.60. The van der Waals surface area contributed by atoms with Crippen molar-refractivity contribution >= 4 is 17.4 Å². The molecule has 1 atom stereocenters. The molecule has 25 heavy (non-hydrogen) atoms. The van der Waals surface area contributed by atoms with Crippen LogP contribution in [0.15, 0.2) is 35.1 Å². The van der Waals surface area contributed by atoms with Crippen LogP contribution in [0.5, 0.6) is 5.75 Å². The molecule has 0 aliphatic rings. The van der Waals surface area contributed by atoms with Gasteiger partial charge in [-0.25, -0.2) is 4.79 Å². The van der Waals surface area contributed by atoms with Crippen molar-refractivity contribution in [1.82, 2.24) is 14.9 Å². The first-order valence-corrected chi connectivity index (χ1v) is 8.40. The molecule has 0 aliphatic heterocycles. The van der Waals surface area contributed by atoms with Crippen LogP contribution < -0.4 is 21.1 Å². The first-order chi connectivity index (χ1) is 12.0. The number of rotatable bonds is 9. The predicted octanol–water partition coefficient (Wildman–Crippen LogP) is 1.18. The van der Waals surface area contributed by atoms with Gasteiger partial charge in [-0.2, -0.15) is 4.98 Å². The largest absolute Gasteiger partial charge is 0.491 e. The first kappa shape index (κ1) is 19.2. The number of halogens is 1. The Kier molecular flexibility index (Phi) is 7.24. The van der Waals surface area contributed by atoms with Crippen molar-refractivity contribution < 1.29 is 9.84 Å². The number of hydrogen-bond donors (Lipinski definition) is 3. The van der Waals surface area contributed by atoms with E-state index in [4.69, 9.17) is 16.3 Å². The molecular formula is C17H23ClN4O3. The minimum atomic E-state index is -0.610. The maximum Gasteiger partial charge on any atom is 0.350 e. The molecular weight excluding hydrogens is 344 g/mol. The van der Waals surface area contributed by atoms with Gasteiger partial charge in [0.15, 0.2) is 0 Å². The van der Waals surface area contributed by atoms with Crippen molar-refractivity contribution in [2.75, 3.05) is 31.6 Å². The van der Waals surface area contributed by atoms with Gasteiger partial charge < -0.3 is 20.5 Å². The molecule has 0 saturated carbocycles. The summed E-state index contributed by atoms with van der Waals surface area (Å²) in [5.41, 5.74) is 0.319. The number of aromatic nitrogens is 2. The molecule has 0 spiro atoms. The van der Waals surface area contributed by atoms with Crippen LogP contribution in [-0.2, 0) is 7.05 Å². The quantitative estimate of drug-likeness (QED) is 0.456. The summed E-state index contributed by atoms with van der Waals surface area (Å²) in [5, 5.41) is 16.4. The molecule has 0 saturated heterocycles. The molecule has 0 amide bonds. The second kappa shape index (κ2) is 9.41. The second-order valence-electron chi connectivity index (χ2n) is 5.63. The highest BCUT2D eigenvalue weighted by atomic mass is 35.5. The fourth-order valence-electron chi connectivity index (χ4n) is 2.24. The Labute approximate surface area is 151 Å². The summed E-state index contributed by atoms with van der Waals surface area (Å²) < 4.78 is 6.91. The first-order valence-electron chi connectivity index (χ1n) is 8.02. The number of aliphatic hydroxyl groups excluding tert-OH is 1. The Bertz CT molecular complexity index is 737. The molecule has 2 aromatic rings. The predicted molar refractivity (Wildman–Crippen MR) is 98.5 cm³/mol. The van der Waals surface area contributed by atoms with Gasteiger partial charge in [0.05, 0.1) is 0 Å². The number of aliphatic hydroxyl groups is 1. The van der Waals surface area contributed by atoms with Gasteiger partial charge in [-0.05, 0) is 19.1 Å². The zero-order chi connectivity index (χ0) is 18.2. The van der Waals surface area contributed by atoms with Crippen molar-refractivity contribution in [3.05, 3.63) is 51.5 Å². The van der Waals surface area contributed by atoms with Gasteiger partial charge in [0.2, 0.25) is 0 Å². The number of para-hydroxylation sites is 1. The van der Waals surface area contributed by atoms with Crippen molar-refractivity contribution in [2.24, 2.45) is 7.05 Å². The summed E-state index contributed by atoms with van der Waals surface area (Å²) >= 11 is 5.93. The maximum absolute atomic E-state index is 11.6. The highest BCUT2D eigenvalue weighted by Gasteiger charge is 2.10. The van der Waals surface area contributed by atoms with Crippen molar-refractivity contribution in [1.29, 1.82) is 0 Å². The van der Waals surface area contributed by atoms with E-state index in [1.165, 1.54) is 4.57 Å². The minimum Gasteiger partial charge on any atom is -0.491 e. The summed E-state index contributed by atoms with van der Waals surface area (Å²) in [7, 11) is 1.64. The normalized spacial score (nSPS) is 12.0. The lowest BCUT2D eigenvalue weighted by molar-refractivity contribution is 0.107. The number of nitrogens with zero attached hydrogens (tertiary/aromatic N) is 2. The van der Waals surface area contributed by atoms with Crippen LogP contribution in [0.1, 0.15) is 5.56 Å². The highest BCUT2D eigenvalue weighted by Crippen LogP contribution is 2.17. The van der Waals surface area contributed by atoms with Gasteiger partial charge in [-0.15, -0.1) is 0 Å². The number of anilines is 1. The Morgan fingerprint density at radius 2 is 2.04 bits per heavy atom. The Morgan fingerprint density at radius 1 is 1.32 bits per heavy atom. The number of benzene rings is 1. The van der Waals surface area contributed by atoms with E-state index in [0.717, 1.165) is 11.3 Å².